The average molecular weight is 714 g/mol. The third-order valence-corrected chi connectivity index (χ3v) is 10.8. The molecule has 56 heavy (non-hydrogen) atoms. The SMILES string of the molecule is c1ccc(-c2ccc3c(-c4nc(-c5ccccc5)nc(-c5cccc6c5ccc5cc7ccccc7cc56)n4)c4ccccc4c(-c4ncccn4)c3c2)cc1. The van der Waals surface area contributed by atoms with Crippen LogP contribution in [0.5, 0.6) is 0 Å². The molecule has 260 valence electrons. The molecule has 0 saturated carbocycles. The van der Waals surface area contributed by atoms with Crippen molar-refractivity contribution in [2.24, 2.45) is 0 Å². The van der Waals surface area contributed by atoms with Crippen molar-refractivity contribution >= 4 is 53.9 Å². The quantitative estimate of drug-likeness (QED) is 0.131. The molecule has 5 nitrogen and oxygen atoms in total. The number of hydrogen-bond donors (Lipinski definition) is 0. The minimum atomic E-state index is 0.604. The van der Waals surface area contributed by atoms with Gasteiger partial charge in [-0.15, -0.1) is 0 Å². The van der Waals surface area contributed by atoms with E-state index in [0.717, 1.165) is 65.7 Å². The predicted molar refractivity (Wildman–Crippen MR) is 230 cm³/mol. The zero-order chi connectivity index (χ0) is 37.0. The van der Waals surface area contributed by atoms with Crippen LogP contribution in [0.25, 0.3) is 111 Å². The smallest absolute Gasteiger partial charge is 0.165 e. The fraction of sp³-hybridized carbons (Fsp3) is 0. The first-order valence-corrected chi connectivity index (χ1v) is 18.7. The van der Waals surface area contributed by atoms with E-state index in [2.05, 4.69) is 146 Å². The molecule has 0 bridgehead atoms. The Hall–Kier alpha value is -7.63. The lowest BCUT2D eigenvalue weighted by Crippen LogP contribution is -2.02. The molecule has 5 heteroatoms. The summed E-state index contributed by atoms with van der Waals surface area (Å²) in [5.41, 5.74) is 6.02. The van der Waals surface area contributed by atoms with Crippen LogP contribution in [0, 0.1) is 0 Å². The van der Waals surface area contributed by atoms with Crippen LogP contribution >= 0.6 is 0 Å². The minimum Gasteiger partial charge on any atom is -0.237 e. The van der Waals surface area contributed by atoms with E-state index in [1.54, 1.807) is 12.4 Å². The van der Waals surface area contributed by atoms with Gasteiger partial charge < -0.3 is 0 Å². The molecule has 0 spiro atoms. The van der Waals surface area contributed by atoms with E-state index in [1.807, 2.05) is 30.3 Å². The second-order valence-corrected chi connectivity index (χ2v) is 14.1. The van der Waals surface area contributed by atoms with Crippen LogP contribution in [0.2, 0.25) is 0 Å². The van der Waals surface area contributed by atoms with Crippen LogP contribution in [-0.4, -0.2) is 24.9 Å². The van der Waals surface area contributed by atoms with Crippen LogP contribution in [0.3, 0.4) is 0 Å². The highest BCUT2D eigenvalue weighted by Gasteiger charge is 2.22. The molecule has 11 rings (SSSR count). The molecule has 0 unspecified atom stereocenters. The van der Waals surface area contributed by atoms with Gasteiger partial charge in [-0.2, -0.15) is 0 Å². The number of aromatic nitrogens is 5. The van der Waals surface area contributed by atoms with E-state index in [9.17, 15) is 0 Å². The number of nitrogens with zero attached hydrogens (tertiary/aromatic N) is 5. The third-order valence-electron chi connectivity index (χ3n) is 10.8. The summed E-state index contributed by atoms with van der Waals surface area (Å²) in [5, 5.41) is 11.2. The Morgan fingerprint density at radius 2 is 0.857 bits per heavy atom. The van der Waals surface area contributed by atoms with E-state index >= 15 is 0 Å². The Morgan fingerprint density at radius 1 is 0.268 bits per heavy atom. The lowest BCUT2D eigenvalue weighted by molar-refractivity contribution is 1.08. The Balaban J connectivity index is 1.22. The second-order valence-electron chi connectivity index (χ2n) is 14.1. The zero-order valence-electron chi connectivity index (χ0n) is 30.1. The summed E-state index contributed by atoms with van der Waals surface area (Å²) in [6.07, 6.45) is 3.61. The molecule has 0 aliphatic rings. The van der Waals surface area contributed by atoms with Crippen molar-refractivity contribution in [3.05, 3.63) is 188 Å². The van der Waals surface area contributed by atoms with Gasteiger partial charge in [0.25, 0.3) is 0 Å². The predicted octanol–water partition coefficient (Wildman–Crippen LogP) is 12.8. The van der Waals surface area contributed by atoms with E-state index < -0.39 is 0 Å². The summed E-state index contributed by atoms with van der Waals surface area (Å²) in [4.78, 5) is 25.5. The van der Waals surface area contributed by atoms with Gasteiger partial charge in [-0.25, -0.2) is 24.9 Å². The molecule has 9 aromatic carbocycles. The minimum absolute atomic E-state index is 0.604. The van der Waals surface area contributed by atoms with Crippen molar-refractivity contribution < 1.29 is 0 Å². The molecule has 0 aliphatic heterocycles. The molecular weight excluding hydrogens is 683 g/mol. The molecule has 0 amide bonds. The highest BCUT2D eigenvalue weighted by atomic mass is 15.0. The van der Waals surface area contributed by atoms with Crippen molar-refractivity contribution in [1.29, 1.82) is 0 Å². The maximum atomic E-state index is 5.41. The number of hydrogen-bond acceptors (Lipinski definition) is 5. The van der Waals surface area contributed by atoms with Crippen LogP contribution in [0.1, 0.15) is 0 Å². The largest absolute Gasteiger partial charge is 0.237 e. The Labute approximate surface area is 322 Å². The van der Waals surface area contributed by atoms with Crippen molar-refractivity contribution in [1.82, 2.24) is 24.9 Å². The van der Waals surface area contributed by atoms with Crippen LogP contribution < -0.4 is 0 Å². The van der Waals surface area contributed by atoms with Crippen molar-refractivity contribution in [3.63, 3.8) is 0 Å². The van der Waals surface area contributed by atoms with Crippen molar-refractivity contribution in [3.8, 4) is 56.7 Å². The van der Waals surface area contributed by atoms with Gasteiger partial charge in [0.15, 0.2) is 23.3 Å². The molecular formula is C51H31N5. The zero-order valence-corrected chi connectivity index (χ0v) is 30.1. The Kier molecular flexibility index (Phi) is 7.42. The first-order chi connectivity index (χ1) is 27.8. The van der Waals surface area contributed by atoms with Gasteiger partial charge in [0.1, 0.15) is 0 Å². The normalized spacial score (nSPS) is 11.6. The summed E-state index contributed by atoms with van der Waals surface area (Å²) < 4.78 is 0. The summed E-state index contributed by atoms with van der Waals surface area (Å²) in [5.74, 6) is 2.51. The average Bonchev–Trinajstić information content (AvgIpc) is 3.27. The monoisotopic (exact) mass is 713 g/mol. The summed E-state index contributed by atoms with van der Waals surface area (Å²) in [6, 6.07) is 61.6. The van der Waals surface area contributed by atoms with Gasteiger partial charge in [0.2, 0.25) is 0 Å². The standard InChI is InChI=1S/C51H31N5/c1-3-13-32(14-4-1)36-23-26-42-45(31-36)47(50-52-27-12-28-53-50)41-20-10-9-19-40(41)46(42)51-55-48(33-15-5-2-6-16-33)54-49(56-51)43-22-11-21-38-39(43)25-24-37-29-34-17-7-8-18-35(34)30-44(37)38/h1-31H. The van der Waals surface area contributed by atoms with Gasteiger partial charge in [-0.05, 0) is 89.3 Å². The number of benzene rings is 9. The van der Waals surface area contributed by atoms with Gasteiger partial charge in [0, 0.05) is 34.6 Å². The lowest BCUT2D eigenvalue weighted by atomic mass is 9.89. The highest BCUT2D eigenvalue weighted by molar-refractivity contribution is 6.21. The van der Waals surface area contributed by atoms with Crippen LogP contribution in [0.15, 0.2) is 188 Å². The molecule has 0 aliphatic carbocycles. The lowest BCUT2D eigenvalue weighted by Gasteiger charge is -2.18. The van der Waals surface area contributed by atoms with Crippen LogP contribution in [-0.2, 0) is 0 Å². The number of rotatable bonds is 5. The molecule has 0 fully saturated rings. The molecule has 0 radical (unpaired) electrons. The molecule has 2 heterocycles. The summed E-state index contributed by atoms with van der Waals surface area (Å²) in [7, 11) is 0. The van der Waals surface area contributed by atoms with Crippen molar-refractivity contribution in [2.75, 3.05) is 0 Å². The highest BCUT2D eigenvalue weighted by Crippen LogP contribution is 2.44. The van der Waals surface area contributed by atoms with Gasteiger partial charge in [0.05, 0.1) is 0 Å². The first-order valence-electron chi connectivity index (χ1n) is 18.7. The summed E-state index contributed by atoms with van der Waals surface area (Å²) in [6.45, 7) is 0. The topological polar surface area (TPSA) is 64.5 Å². The van der Waals surface area contributed by atoms with E-state index in [1.165, 1.54) is 21.5 Å². The maximum Gasteiger partial charge on any atom is 0.165 e. The molecule has 0 atom stereocenters. The van der Waals surface area contributed by atoms with Gasteiger partial charge in [-0.1, -0.05) is 152 Å². The number of fused-ring (bicyclic) bond motifs is 6. The van der Waals surface area contributed by atoms with E-state index in [0.29, 0.717) is 23.3 Å². The fourth-order valence-corrected chi connectivity index (χ4v) is 8.20. The second kappa shape index (κ2) is 13.0. The van der Waals surface area contributed by atoms with E-state index in [4.69, 9.17) is 24.9 Å². The summed E-state index contributed by atoms with van der Waals surface area (Å²) >= 11 is 0. The Morgan fingerprint density at radius 3 is 1.62 bits per heavy atom. The third kappa shape index (κ3) is 5.29. The van der Waals surface area contributed by atoms with Gasteiger partial charge >= 0.3 is 0 Å². The van der Waals surface area contributed by atoms with Gasteiger partial charge in [-0.3, -0.25) is 0 Å². The molecule has 2 aromatic heterocycles. The van der Waals surface area contributed by atoms with Crippen LogP contribution in [0.4, 0.5) is 0 Å². The fourth-order valence-electron chi connectivity index (χ4n) is 8.20. The molecule has 11 aromatic rings. The maximum absolute atomic E-state index is 5.41. The Bertz CT molecular complexity index is 3290. The molecule has 0 N–H and O–H groups in total. The van der Waals surface area contributed by atoms with Crippen molar-refractivity contribution in [2.45, 2.75) is 0 Å². The first kappa shape index (κ1) is 31.9. The molecule has 0 saturated heterocycles. The van der Waals surface area contributed by atoms with E-state index in [-0.39, 0.29) is 0 Å².